The topological polar surface area (TPSA) is 38.8 Å². The van der Waals surface area contributed by atoms with Gasteiger partial charge in [0.25, 0.3) is 5.91 Å². The third-order valence-corrected chi connectivity index (χ3v) is 4.61. The first-order valence-electron chi connectivity index (χ1n) is 7.66. The van der Waals surface area contributed by atoms with Crippen molar-refractivity contribution < 1.29 is 14.3 Å². The molecule has 0 unspecified atom stereocenters. The summed E-state index contributed by atoms with van der Waals surface area (Å²) >= 11 is 3.49. The second-order valence-electron chi connectivity index (χ2n) is 5.83. The van der Waals surface area contributed by atoms with E-state index < -0.39 is 0 Å². The van der Waals surface area contributed by atoms with Gasteiger partial charge in [-0.05, 0) is 42.7 Å². The molecule has 2 aromatic carbocycles. The number of hydrogen-bond acceptors (Lipinski definition) is 3. The summed E-state index contributed by atoms with van der Waals surface area (Å²) in [7, 11) is 0. The molecule has 2 aliphatic rings. The number of ether oxygens (including phenoxy) is 2. The first-order chi connectivity index (χ1) is 11.2. The van der Waals surface area contributed by atoms with E-state index in [1.54, 1.807) is 0 Å². The van der Waals surface area contributed by atoms with Gasteiger partial charge >= 0.3 is 0 Å². The Bertz CT molecular complexity index is 758. The Morgan fingerprint density at radius 2 is 2.00 bits per heavy atom. The molecule has 23 heavy (non-hydrogen) atoms. The Morgan fingerprint density at radius 1 is 1.17 bits per heavy atom. The lowest BCUT2D eigenvalue weighted by molar-refractivity contribution is 0.0725. The number of rotatable bonds is 4. The van der Waals surface area contributed by atoms with E-state index in [0.29, 0.717) is 29.6 Å². The fourth-order valence-electron chi connectivity index (χ4n) is 2.84. The lowest BCUT2D eigenvalue weighted by Crippen LogP contribution is -2.32. The van der Waals surface area contributed by atoms with Crippen LogP contribution in [0.5, 0.6) is 11.5 Å². The second-order valence-corrected chi connectivity index (χ2v) is 6.75. The molecule has 0 N–H and O–H groups in total. The summed E-state index contributed by atoms with van der Waals surface area (Å²) in [6, 6.07) is 13.9. The molecular formula is C18H16BrNO3. The number of carbonyl (C=O) groups excluding carboxylic acids is 1. The smallest absolute Gasteiger partial charge is 0.258 e. The Kier molecular flexibility index (Phi) is 3.73. The maximum atomic E-state index is 13.1. The molecule has 0 atom stereocenters. The number of nitrogens with zero attached hydrogens (tertiary/aromatic N) is 1. The summed E-state index contributed by atoms with van der Waals surface area (Å²) < 4.78 is 11.9. The largest absolute Gasteiger partial charge is 0.454 e. The number of carbonyl (C=O) groups is 1. The minimum atomic E-state index is 0.00910. The molecule has 1 heterocycles. The molecule has 2 aromatic rings. The lowest BCUT2D eigenvalue weighted by Gasteiger charge is -2.23. The molecule has 1 saturated carbocycles. The molecule has 0 saturated heterocycles. The van der Waals surface area contributed by atoms with Gasteiger partial charge in [-0.25, -0.2) is 0 Å². The highest BCUT2D eigenvalue weighted by Crippen LogP contribution is 2.38. The molecule has 0 radical (unpaired) electrons. The summed E-state index contributed by atoms with van der Waals surface area (Å²) in [5, 5.41) is 0. The van der Waals surface area contributed by atoms with Gasteiger partial charge in [-0.2, -0.15) is 0 Å². The predicted octanol–water partition coefficient (Wildman–Crippen LogP) is 3.98. The summed E-state index contributed by atoms with van der Waals surface area (Å²) in [4.78, 5) is 15.0. The van der Waals surface area contributed by atoms with E-state index in [2.05, 4.69) is 22.0 Å². The number of amides is 1. The molecule has 5 heteroatoms. The molecule has 1 amide bonds. The highest BCUT2D eigenvalue weighted by atomic mass is 79.9. The van der Waals surface area contributed by atoms with Crippen LogP contribution in [0.1, 0.15) is 28.8 Å². The molecule has 0 spiro atoms. The van der Waals surface area contributed by atoms with Crippen molar-refractivity contribution in [2.45, 2.75) is 25.4 Å². The van der Waals surface area contributed by atoms with Crippen LogP contribution in [-0.2, 0) is 6.54 Å². The number of hydrogen-bond donors (Lipinski definition) is 0. The van der Waals surface area contributed by atoms with E-state index in [1.807, 2.05) is 41.3 Å². The van der Waals surface area contributed by atoms with Crippen LogP contribution in [0.4, 0.5) is 0 Å². The Hall–Kier alpha value is -2.01. The summed E-state index contributed by atoms with van der Waals surface area (Å²) in [5.41, 5.74) is 1.70. The van der Waals surface area contributed by atoms with Crippen molar-refractivity contribution in [3.63, 3.8) is 0 Å². The third-order valence-electron chi connectivity index (χ3n) is 4.12. The van der Waals surface area contributed by atoms with Crippen LogP contribution in [0, 0.1) is 0 Å². The van der Waals surface area contributed by atoms with E-state index in [-0.39, 0.29) is 12.7 Å². The monoisotopic (exact) mass is 373 g/mol. The molecule has 1 aliphatic heterocycles. The molecule has 4 nitrogen and oxygen atoms in total. The van der Waals surface area contributed by atoms with Gasteiger partial charge in [0.15, 0.2) is 11.5 Å². The molecule has 1 fully saturated rings. The Morgan fingerprint density at radius 3 is 2.78 bits per heavy atom. The van der Waals surface area contributed by atoms with Crippen molar-refractivity contribution in [2.24, 2.45) is 0 Å². The van der Waals surface area contributed by atoms with E-state index in [1.165, 1.54) is 0 Å². The molecule has 0 aromatic heterocycles. The van der Waals surface area contributed by atoms with Crippen LogP contribution in [0.2, 0.25) is 0 Å². The molecule has 4 rings (SSSR count). The SMILES string of the molecule is O=C(c1cccc2c1OCO2)N(Cc1cccc(Br)c1)C1CC1. The minimum Gasteiger partial charge on any atom is -0.454 e. The van der Waals surface area contributed by atoms with Crippen molar-refractivity contribution in [3.8, 4) is 11.5 Å². The minimum absolute atomic E-state index is 0.00910. The Labute approximate surface area is 143 Å². The lowest BCUT2D eigenvalue weighted by atomic mass is 10.1. The van der Waals surface area contributed by atoms with Gasteiger partial charge in [0.2, 0.25) is 6.79 Å². The van der Waals surface area contributed by atoms with Gasteiger partial charge in [0, 0.05) is 17.1 Å². The molecule has 118 valence electrons. The number of halogens is 1. The molecular weight excluding hydrogens is 358 g/mol. The maximum Gasteiger partial charge on any atom is 0.258 e. The van der Waals surface area contributed by atoms with Crippen molar-refractivity contribution in [1.29, 1.82) is 0 Å². The van der Waals surface area contributed by atoms with Gasteiger partial charge in [0.05, 0.1) is 5.56 Å². The van der Waals surface area contributed by atoms with Crippen LogP contribution in [0.3, 0.4) is 0 Å². The maximum absolute atomic E-state index is 13.1. The summed E-state index contributed by atoms with van der Waals surface area (Å²) in [6.07, 6.45) is 2.12. The van der Waals surface area contributed by atoms with Crippen LogP contribution >= 0.6 is 15.9 Å². The second kappa shape index (κ2) is 5.89. The van der Waals surface area contributed by atoms with Crippen LogP contribution in [-0.4, -0.2) is 23.6 Å². The zero-order valence-corrected chi connectivity index (χ0v) is 14.1. The van der Waals surface area contributed by atoms with E-state index in [4.69, 9.17) is 9.47 Å². The normalized spacial score (nSPS) is 15.5. The quantitative estimate of drug-likeness (QED) is 0.813. The van der Waals surface area contributed by atoms with Crippen molar-refractivity contribution in [1.82, 2.24) is 4.90 Å². The zero-order chi connectivity index (χ0) is 15.8. The summed E-state index contributed by atoms with van der Waals surface area (Å²) in [6.45, 7) is 0.780. The molecule has 1 aliphatic carbocycles. The highest BCUT2D eigenvalue weighted by molar-refractivity contribution is 9.10. The van der Waals surface area contributed by atoms with Crippen molar-refractivity contribution in [2.75, 3.05) is 6.79 Å². The van der Waals surface area contributed by atoms with Crippen molar-refractivity contribution in [3.05, 3.63) is 58.1 Å². The van der Waals surface area contributed by atoms with Crippen molar-refractivity contribution >= 4 is 21.8 Å². The van der Waals surface area contributed by atoms with E-state index in [0.717, 1.165) is 22.9 Å². The van der Waals surface area contributed by atoms with E-state index in [9.17, 15) is 4.79 Å². The van der Waals surface area contributed by atoms with Crippen LogP contribution in [0.15, 0.2) is 46.9 Å². The average molecular weight is 374 g/mol. The fourth-order valence-corrected chi connectivity index (χ4v) is 3.28. The fraction of sp³-hybridized carbons (Fsp3) is 0.278. The first kappa shape index (κ1) is 14.6. The van der Waals surface area contributed by atoms with Gasteiger partial charge in [0.1, 0.15) is 0 Å². The van der Waals surface area contributed by atoms with Crippen LogP contribution < -0.4 is 9.47 Å². The van der Waals surface area contributed by atoms with Gasteiger partial charge in [-0.3, -0.25) is 4.79 Å². The summed E-state index contributed by atoms with van der Waals surface area (Å²) in [5.74, 6) is 1.22. The highest BCUT2D eigenvalue weighted by Gasteiger charge is 2.35. The number of benzene rings is 2. The molecule has 0 bridgehead atoms. The van der Waals surface area contributed by atoms with Gasteiger partial charge in [-0.1, -0.05) is 34.1 Å². The van der Waals surface area contributed by atoms with Gasteiger partial charge in [-0.15, -0.1) is 0 Å². The van der Waals surface area contributed by atoms with Crippen LogP contribution in [0.25, 0.3) is 0 Å². The zero-order valence-electron chi connectivity index (χ0n) is 12.5. The Balaban J connectivity index is 1.63. The number of para-hydroxylation sites is 1. The first-order valence-corrected chi connectivity index (χ1v) is 8.46. The number of fused-ring (bicyclic) bond motifs is 1. The predicted molar refractivity (Wildman–Crippen MR) is 89.6 cm³/mol. The van der Waals surface area contributed by atoms with E-state index >= 15 is 0 Å². The third kappa shape index (κ3) is 2.93. The average Bonchev–Trinajstić information content (AvgIpc) is 3.28. The standard InChI is InChI=1S/C18H16BrNO3/c19-13-4-1-3-12(9-13)10-20(14-7-8-14)18(21)15-5-2-6-16-17(15)23-11-22-16/h1-6,9,14H,7-8,10-11H2. The van der Waals surface area contributed by atoms with Gasteiger partial charge < -0.3 is 14.4 Å².